The SMILES string of the molecule is C=O.Cc1nc(-c2ccccc2)c(NCNS(=O)(=O)c2cnc3n2C=CC=CC3)s1.[HH].[HH]. The van der Waals surface area contributed by atoms with Gasteiger partial charge in [-0.1, -0.05) is 42.5 Å². The van der Waals surface area contributed by atoms with Gasteiger partial charge < -0.3 is 10.1 Å². The number of aryl methyl sites for hydroxylation is 1. The summed E-state index contributed by atoms with van der Waals surface area (Å²) in [5.41, 5.74) is 1.80. The summed E-state index contributed by atoms with van der Waals surface area (Å²) in [7, 11) is -3.72. The lowest BCUT2D eigenvalue weighted by Gasteiger charge is -2.10. The number of hydrogen-bond donors (Lipinski definition) is 2. The van der Waals surface area contributed by atoms with E-state index in [9.17, 15) is 8.42 Å². The number of hydrogen-bond acceptors (Lipinski definition) is 7. The standard InChI is InChI=1S/C19H19N5O2S2.CH2O.2H2/c1-14-23-18(15-8-4-2-5-9-15)19(27-14)21-13-22-28(25,26)17-12-20-16-10-6-3-7-11-24(16)17;1-2;;/h2-9,11-12,21-22H,10,13H2,1H3;1H2;2*1H. The molecule has 1 aliphatic rings. The van der Waals surface area contributed by atoms with Crippen molar-refractivity contribution in [3.63, 3.8) is 0 Å². The summed E-state index contributed by atoms with van der Waals surface area (Å²) in [6.45, 7) is 3.97. The van der Waals surface area contributed by atoms with Crippen LogP contribution in [0.5, 0.6) is 0 Å². The number of nitrogens with zero attached hydrogens (tertiary/aromatic N) is 3. The zero-order valence-corrected chi connectivity index (χ0v) is 17.9. The molecule has 0 amide bonds. The van der Waals surface area contributed by atoms with Crippen LogP contribution in [0.3, 0.4) is 0 Å². The number of carbonyl (C=O) groups is 1. The van der Waals surface area contributed by atoms with Crippen molar-refractivity contribution < 1.29 is 16.1 Å². The second-order valence-electron chi connectivity index (χ2n) is 6.13. The highest BCUT2D eigenvalue weighted by Crippen LogP contribution is 2.32. The number of imidazole rings is 1. The Balaban J connectivity index is 0.00000125. The molecule has 0 atom stereocenters. The van der Waals surface area contributed by atoms with Gasteiger partial charge in [-0.15, -0.1) is 11.3 Å². The minimum atomic E-state index is -3.72. The first-order valence-corrected chi connectivity index (χ1v) is 11.3. The molecule has 160 valence electrons. The highest BCUT2D eigenvalue weighted by molar-refractivity contribution is 7.89. The van der Waals surface area contributed by atoms with Crippen LogP contribution < -0.4 is 10.0 Å². The summed E-state index contributed by atoms with van der Waals surface area (Å²) in [6, 6.07) is 9.80. The molecular formula is C20H25N5O3S2. The van der Waals surface area contributed by atoms with Crippen molar-refractivity contribution in [3.8, 4) is 11.3 Å². The Labute approximate surface area is 182 Å². The Morgan fingerprint density at radius 1 is 1.23 bits per heavy atom. The zero-order valence-electron chi connectivity index (χ0n) is 16.3. The Kier molecular flexibility index (Phi) is 6.93. The molecule has 0 radical (unpaired) electrons. The van der Waals surface area contributed by atoms with Gasteiger partial charge in [0.15, 0.2) is 5.03 Å². The average molecular weight is 448 g/mol. The van der Waals surface area contributed by atoms with Crippen LogP contribution in [0.1, 0.15) is 13.7 Å². The number of thiazole rings is 1. The molecule has 2 N–H and O–H groups in total. The van der Waals surface area contributed by atoms with Crippen LogP contribution >= 0.6 is 11.3 Å². The van der Waals surface area contributed by atoms with Crippen LogP contribution in [0.25, 0.3) is 17.5 Å². The molecule has 1 aliphatic heterocycles. The van der Waals surface area contributed by atoms with Crippen LogP contribution in [0.4, 0.5) is 5.00 Å². The molecule has 4 rings (SSSR count). The number of fused-ring (bicyclic) bond motifs is 1. The van der Waals surface area contributed by atoms with Crippen molar-refractivity contribution in [1.82, 2.24) is 19.3 Å². The third-order valence-electron chi connectivity index (χ3n) is 4.19. The van der Waals surface area contributed by atoms with E-state index in [0.29, 0.717) is 12.2 Å². The lowest BCUT2D eigenvalue weighted by atomic mass is 10.2. The monoisotopic (exact) mass is 447 g/mol. The normalized spacial score (nSPS) is 12.6. The number of anilines is 1. The quantitative estimate of drug-likeness (QED) is 0.560. The summed E-state index contributed by atoms with van der Waals surface area (Å²) in [4.78, 5) is 16.8. The lowest BCUT2D eigenvalue weighted by Crippen LogP contribution is -2.30. The molecule has 8 nitrogen and oxygen atoms in total. The van der Waals surface area contributed by atoms with Gasteiger partial charge in [-0.25, -0.2) is 18.4 Å². The van der Waals surface area contributed by atoms with Gasteiger partial charge in [-0.05, 0) is 13.0 Å². The molecule has 2 aromatic heterocycles. The maximum atomic E-state index is 12.7. The fourth-order valence-corrected chi connectivity index (χ4v) is 4.77. The first-order chi connectivity index (χ1) is 14.5. The summed E-state index contributed by atoms with van der Waals surface area (Å²) >= 11 is 1.49. The molecule has 3 heterocycles. The predicted molar refractivity (Wildman–Crippen MR) is 123 cm³/mol. The van der Waals surface area contributed by atoms with Gasteiger partial charge in [0.2, 0.25) is 0 Å². The van der Waals surface area contributed by atoms with Crippen molar-refractivity contribution in [1.29, 1.82) is 0 Å². The number of allylic oxidation sites excluding steroid dienone is 3. The molecule has 1 aromatic carbocycles. The largest absolute Gasteiger partial charge is 0.362 e. The Morgan fingerprint density at radius 2 is 2.00 bits per heavy atom. The Hall–Kier alpha value is -3.08. The first kappa shape index (κ1) is 21.6. The minimum absolute atomic E-state index is 0. The molecule has 0 unspecified atom stereocenters. The van der Waals surface area contributed by atoms with Crippen LogP contribution in [-0.4, -0.2) is 36.4 Å². The summed E-state index contributed by atoms with van der Waals surface area (Å²) in [5.74, 6) is 0.683. The van der Waals surface area contributed by atoms with Gasteiger partial charge in [0.05, 0.1) is 17.9 Å². The fraction of sp³-hybridized carbons (Fsp3) is 0.150. The van der Waals surface area contributed by atoms with E-state index in [2.05, 4.69) is 20.0 Å². The highest BCUT2D eigenvalue weighted by atomic mass is 32.2. The van der Waals surface area contributed by atoms with Gasteiger partial charge in [0.1, 0.15) is 23.3 Å². The van der Waals surface area contributed by atoms with E-state index in [1.807, 2.05) is 56.2 Å². The number of benzene rings is 1. The summed E-state index contributed by atoms with van der Waals surface area (Å²) in [6.07, 6.45) is 9.27. The van der Waals surface area contributed by atoms with Gasteiger partial charge in [0.25, 0.3) is 10.0 Å². The van der Waals surface area contributed by atoms with Crippen molar-refractivity contribution in [2.75, 3.05) is 12.0 Å². The number of aromatic nitrogens is 3. The molecule has 0 spiro atoms. The molecule has 10 heteroatoms. The number of sulfonamides is 1. The third-order valence-corrected chi connectivity index (χ3v) is 6.50. The minimum Gasteiger partial charge on any atom is -0.362 e. The molecule has 3 aromatic rings. The lowest BCUT2D eigenvalue weighted by molar-refractivity contribution is -0.0979. The second-order valence-corrected chi connectivity index (χ2v) is 9.05. The summed E-state index contributed by atoms with van der Waals surface area (Å²) in [5, 5.41) is 4.99. The van der Waals surface area contributed by atoms with Gasteiger partial charge in [-0.3, -0.25) is 4.57 Å². The topological polar surface area (TPSA) is 106 Å². The van der Waals surface area contributed by atoms with Crippen molar-refractivity contribution in [3.05, 3.63) is 65.6 Å². The number of rotatable bonds is 6. The van der Waals surface area contributed by atoms with Crippen LogP contribution in [0, 0.1) is 6.92 Å². The first-order valence-electron chi connectivity index (χ1n) is 8.99. The van der Waals surface area contributed by atoms with E-state index >= 15 is 0 Å². The maximum Gasteiger partial charge on any atom is 0.259 e. The molecular weight excluding hydrogens is 422 g/mol. The molecule has 0 saturated carbocycles. The van der Waals surface area contributed by atoms with Gasteiger partial charge in [-0.2, -0.15) is 4.72 Å². The Morgan fingerprint density at radius 3 is 2.77 bits per heavy atom. The van der Waals surface area contributed by atoms with Gasteiger partial charge in [0, 0.05) is 21.0 Å². The second kappa shape index (κ2) is 9.61. The van der Waals surface area contributed by atoms with Crippen LogP contribution in [-0.2, 0) is 21.2 Å². The van der Waals surface area contributed by atoms with E-state index in [1.54, 1.807) is 16.8 Å². The molecule has 0 fully saturated rings. The zero-order chi connectivity index (χ0) is 21.6. The summed E-state index contributed by atoms with van der Waals surface area (Å²) < 4.78 is 29.7. The van der Waals surface area contributed by atoms with E-state index in [1.165, 1.54) is 17.5 Å². The number of carbonyl (C=O) groups excluding carboxylic acids is 1. The van der Waals surface area contributed by atoms with Crippen molar-refractivity contribution in [2.45, 2.75) is 18.4 Å². The highest BCUT2D eigenvalue weighted by Gasteiger charge is 2.21. The maximum absolute atomic E-state index is 12.7. The molecule has 30 heavy (non-hydrogen) atoms. The van der Waals surface area contributed by atoms with E-state index in [0.717, 1.165) is 21.3 Å². The van der Waals surface area contributed by atoms with Crippen LogP contribution in [0.2, 0.25) is 0 Å². The molecule has 0 saturated heterocycles. The molecule has 0 bridgehead atoms. The smallest absolute Gasteiger partial charge is 0.259 e. The molecule has 0 aliphatic carbocycles. The predicted octanol–water partition coefficient (Wildman–Crippen LogP) is 3.55. The van der Waals surface area contributed by atoms with Crippen LogP contribution in [0.15, 0.2) is 59.8 Å². The van der Waals surface area contributed by atoms with E-state index in [-0.39, 0.29) is 14.5 Å². The van der Waals surface area contributed by atoms with Crippen molar-refractivity contribution >= 4 is 39.4 Å². The van der Waals surface area contributed by atoms with E-state index in [4.69, 9.17) is 4.79 Å². The Bertz CT molecular complexity index is 1180. The van der Waals surface area contributed by atoms with Crippen molar-refractivity contribution in [2.24, 2.45) is 0 Å². The van der Waals surface area contributed by atoms with Gasteiger partial charge >= 0.3 is 0 Å². The van der Waals surface area contributed by atoms with E-state index < -0.39 is 10.0 Å². The number of nitrogens with one attached hydrogen (secondary N) is 2. The fourth-order valence-electron chi connectivity index (χ4n) is 2.90. The third kappa shape index (κ3) is 4.73. The average Bonchev–Trinajstić information content (AvgIpc) is 3.26.